The first kappa shape index (κ1) is 23.9. The van der Waals surface area contributed by atoms with Crippen molar-refractivity contribution in [1.82, 2.24) is 0 Å². The Bertz CT molecular complexity index is 1120. The quantitative estimate of drug-likeness (QED) is 0.258. The first-order valence-electron chi connectivity index (χ1n) is 11.9. The minimum atomic E-state index is -0.458. The molecule has 2 aliphatic carbocycles. The normalized spacial score (nSPS) is 20.0. The molecule has 2 bridgehead atoms. The maximum absolute atomic E-state index is 11.4. The molecule has 3 atom stereocenters. The van der Waals surface area contributed by atoms with Gasteiger partial charge < -0.3 is 18.9 Å². The predicted octanol–water partition coefficient (Wildman–Crippen LogP) is 5.23. The molecular formula is C28H32O6. The van der Waals surface area contributed by atoms with Gasteiger partial charge in [0.15, 0.2) is 0 Å². The highest BCUT2D eigenvalue weighted by Crippen LogP contribution is 2.63. The molecule has 0 aromatic heterocycles. The third-order valence-electron chi connectivity index (χ3n) is 6.92. The van der Waals surface area contributed by atoms with E-state index in [1.807, 2.05) is 6.07 Å². The van der Waals surface area contributed by atoms with E-state index in [0.717, 1.165) is 53.7 Å². The van der Waals surface area contributed by atoms with E-state index in [1.165, 1.54) is 16.7 Å². The van der Waals surface area contributed by atoms with E-state index in [2.05, 4.69) is 39.1 Å². The van der Waals surface area contributed by atoms with Crippen molar-refractivity contribution in [1.29, 1.82) is 0 Å². The van der Waals surface area contributed by atoms with Gasteiger partial charge >= 0.3 is 11.9 Å². The van der Waals surface area contributed by atoms with E-state index in [1.54, 1.807) is 0 Å². The zero-order valence-corrected chi connectivity index (χ0v) is 19.9. The maximum atomic E-state index is 11.4. The van der Waals surface area contributed by atoms with Crippen LogP contribution in [0, 0.1) is 5.92 Å². The fourth-order valence-electron chi connectivity index (χ4n) is 5.53. The van der Waals surface area contributed by atoms with Gasteiger partial charge in [-0.1, -0.05) is 45.2 Å². The molecule has 3 unspecified atom stereocenters. The first-order chi connectivity index (χ1) is 16.5. The largest absolute Gasteiger partial charge is 0.489 e. The summed E-state index contributed by atoms with van der Waals surface area (Å²) in [6.45, 7) is 12.1. The van der Waals surface area contributed by atoms with E-state index < -0.39 is 11.9 Å². The van der Waals surface area contributed by atoms with Crippen LogP contribution in [0.2, 0.25) is 0 Å². The van der Waals surface area contributed by atoms with Crippen molar-refractivity contribution in [2.75, 3.05) is 26.4 Å². The summed E-state index contributed by atoms with van der Waals surface area (Å²) in [4.78, 5) is 22.9. The molecule has 1 saturated carbocycles. The summed E-state index contributed by atoms with van der Waals surface area (Å²) >= 11 is 0. The highest BCUT2D eigenvalue weighted by atomic mass is 16.6. The van der Waals surface area contributed by atoms with Gasteiger partial charge in [0.1, 0.15) is 37.9 Å². The minimum Gasteiger partial charge on any atom is -0.489 e. The number of carbonyl (C=O) groups excluding carboxylic acids is 2. The lowest BCUT2D eigenvalue weighted by molar-refractivity contribution is -0.139. The fourth-order valence-corrected chi connectivity index (χ4v) is 5.53. The summed E-state index contributed by atoms with van der Waals surface area (Å²) in [5, 5.41) is 2.06. The van der Waals surface area contributed by atoms with Gasteiger partial charge in [-0.3, -0.25) is 0 Å². The molecule has 2 aliphatic rings. The minimum absolute atomic E-state index is 0.158. The molecule has 1 fully saturated rings. The van der Waals surface area contributed by atoms with E-state index in [0.29, 0.717) is 17.8 Å². The number of fused-ring (bicyclic) bond motifs is 6. The molecule has 6 heteroatoms. The van der Waals surface area contributed by atoms with Crippen molar-refractivity contribution in [3.8, 4) is 11.5 Å². The Labute approximate surface area is 200 Å². The lowest BCUT2D eigenvalue weighted by Crippen LogP contribution is -2.16. The monoisotopic (exact) mass is 464 g/mol. The van der Waals surface area contributed by atoms with E-state index >= 15 is 0 Å². The maximum Gasteiger partial charge on any atom is 0.330 e. The third kappa shape index (κ3) is 4.41. The van der Waals surface area contributed by atoms with Gasteiger partial charge in [0.05, 0.1) is 0 Å². The molecule has 0 spiro atoms. The number of rotatable bonds is 11. The summed E-state index contributed by atoms with van der Waals surface area (Å²) in [7, 11) is 0. The van der Waals surface area contributed by atoms with Crippen LogP contribution in [0.1, 0.15) is 55.2 Å². The van der Waals surface area contributed by atoms with Crippen LogP contribution in [-0.2, 0) is 25.5 Å². The Kier molecular flexibility index (Phi) is 7.25. The van der Waals surface area contributed by atoms with Gasteiger partial charge in [-0.15, -0.1) is 0 Å². The topological polar surface area (TPSA) is 71.1 Å². The Morgan fingerprint density at radius 3 is 2.21 bits per heavy atom. The molecule has 34 heavy (non-hydrogen) atoms. The van der Waals surface area contributed by atoms with E-state index in [-0.39, 0.29) is 26.4 Å². The highest BCUT2D eigenvalue weighted by molar-refractivity contribution is 5.99. The van der Waals surface area contributed by atoms with Gasteiger partial charge in [0.2, 0.25) is 0 Å². The van der Waals surface area contributed by atoms with Crippen LogP contribution >= 0.6 is 0 Å². The molecule has 180 valence electrons. The van der Waals surface area contributed by atoms with Crippen molar-refractivity contribution in [2.24, 2.45) is 5.92 Å². The van der Waals surface area contributed by atoms with Crippen molar-refractivity contribution >= 4 is 22.7 Å². The number of hydrogen-bond acceptors (Lipinski definition) is 6. The van der Waals surface area contributed by atoms with Crippen LogP contribution in [-0.4, -0.2) is 38.4 Å². The number of benzene rings is 2. The fraction of sp³-hybridized carbons (Fsp3) is 0.429. The standard InChI is InChI=1S/C28H32O6/c1-5-18-9-8-10-20-24(18)28(34-14-12-32-23(30)7-3)25-19-15-17(4)21(16-19)26(25)27(20)33-13-11-31-22(29)6-2/h6-10,17,19,21H,2-3,5,11-16H2,1,4H3. The van der Waals surface area contributed by atoms with Crippen LogP contribution in [0.3, 0.4) is 0 Å². The van der Waals surface area contributed by atoms with Gasteiger partial charge in [-0.2, -0.15) is 0 Å². The van der Waals surface area contributed by atoms with Crippen LogP contribution in [0.15, 0.2) is 43.5 Å². The van der Waals surface area contributed by atoms with Gasteiger partial charge in [0.25, 0.3) is 0 Å². The van der Waals surface area contributed by atoms with E-state index in [4.69, 9.17) is 18.9 Å². The van der Waals surface area contributed by atoms with Gasteiger partial charge in [0, 0.05) is 34.1 Å². The van der Waals surface area contributed by atoms with Gasteiger partial charge in [-0.25, -0.2) is 9.59 Å². The zero-order chi connectivity index (χ0) is 24.2. The molecule has 4 rings (SSSR count). The van der Waals surface area contributed by atoms with Crippen LogP contribution in [0.5, 0.6) is 11.5 Å². The van der Waals surface area contributed by atoms with Crippen molar-refractivity contribution in [3.05, 3.63) is 60.2 Å². The Balaban J connectivity index is 1.75. The predicted molar refractivity (Wildman–Crippen MR) is 131 cm³/mol. The molecule has 0 heterocycles. The Hall–Kier alpha value is -3.28. The van der Waals surface area contributed by atoms with Crippen LogP contribution in [0.4, 0.5) is 0 Å². The molecule has 0 saturated heterocycles. The SMILES string of the molecule is C=CC(=O)OCCOc1c2c(c(OCCOC(=O)C=C)c3c(CC)cccc13)C1CC(C)C2C1. The van der Waals surface area contributed by atoms with E-state index in [9.17, 15) is 9.59 Å². The number of ether oxygens (including phenoxy) is 4. The Morgan fingerprint density at radius 2 is 1.59 bits per heavy atom. The van der Waals surface area contributed by atoms with Crippen LogP contribution < -0.4 is 9.47 Å². The summed E-state index contributed by atoms with van der Waals surface area (Å²) < 4.78 is 23.0. The summed E-state index contributed by atoms with van der Waals surface area (Å²) in [5.41, 5.74) is 3.62. The number of carbonyl (C=O) groups is 2. The smallest absolute Gasteiger partial charge is 0.330 e. The second kappa shape index (κ2) is 10.3. The molecule has 0 radical (unpaired) electrons. The number of aryl methyl sites for hydroxylation is 1. The second-order valence-corrected chi connectivity index (χ2v) is 8.87. The van der Waals surface area contributed by atoms with Crippen molar-refractivity contribution in [3.63, 3.8) is 0 Å². The zero-order valence-electron chi connectivity index (χ0n) is 19.9. The molecule has 0 N–H and O–H groups in total. The first-order valence-corrected chi connectivity index (χ1v) is 11.9. The van der Waals surface area contributed by atoms with Gasteiger partial charge in [-0.05, 0) is 42.6 Å². The molecule has 6 nitrogen and oxygen atoms in total. The summed E-state index contributed by atoms with van der Waals surface area (Å²) in [6, 6.07) is 6.23. The average molecular weight is 465 g/mol. The lowest BCUT2D eigenvalue weighted by atomic mass is 9.81. The van der Waals surface area contributed by atoms with Crippen molar-refractivity contribution in [2.45, 2.75) is 44.9 Å². The second-order valence-electron chi connectivity index (χ2n) is 8.87. The number of esters is 2. The Morgan fingerprint density at radius 1 is 0.941 bits per heavy atom. The number of hydrogen-bond donors (Lipinski definition) is 0. The summed E-state index contributed by atoms with van der Waals surface area (Å²) in [6.07, 6.45) is 5.35. The molecule has 0 amide bonds. The molecule has 2 aromatic carbocycles. The molecule has 0 aliphatic heterocycles. The average Bonchev–Trinajstić information content (AvgIpc) is 3.41. The molecular weight excluding hydrogens is 432 g/mol. The molecule has 2 aromatic rings. The lowest BCUT2D eigenvalue weighted by Gasteiger charge is -2.28. The summed E-state index contributed by atoms with van der Waals surface area (Å²) in [5.74, 6) is 2.23. The van der Waals surface area contributed by atoms with Crippen molar-refractivity contribution < 1.29 is 28.5 Å². The highest BCUT2D eigenvalue weighted by Gasteiger charge is 2.46. The van der Waals surface area contributed by atoms with Crippen LogP contribution in [0.25, 0.3) is 10.8 Å². The third-order valence-corrected chi connectivity index (χ3v) is 6.92.